The Hall–Kier alpha value is -2.49. The van der Waals surface area contributed by atoms with Crippen molar-refractivity contribution >= 4 is 33.0 Å². The van der Waals surface area contributed by atoms with Crippen LogP contribution in [0, 0.1) is 11.6 Å². The fraction of sp³-hybridized carbons (Fsp3) is 0.318. The van der Waals surface area contributed by atoms with Gasteiger partial charge in [0.1, 0.15) is 11.6 Å². The third-order valence-electron chi connectivity index (χ3n) is 4.96. The number of carbonyl (C=O) groups is 1. The summed E-state index contributed by atoms with van der Waals surface area (Å²) >= 11 is 6.30. The topological polar surface area (TPSA) is 75.7 Å². The van der Waals surface area contributed by atoms with Crippen LogP contribution < -0.4 is 10.2 Å². The molecule has 2 aromatic rings. The molecule has 1 unspecified atom stereocenters. The minimum atomic E-state index is -3.37. The van der Waals surface area contributed by atoms with Crippen LogP contribution in [0.2, 0.25) is 5.02 Å². The number of nitrogens with one attached hydrogen (secondary N) is 1. The highest BCUT2D eigenvalue weighted by Gasteiger charge is 2.29. The van der Waals surface area contributed by atoms with Crippen molar-refractivity contribution < 1.29 is 26.7 Å². The summed E-state index contributed by atoms with van der Waals surface area (Å²) < 4.78 is 57.8. The van der Waals surface area contributed by atoms with Gasteiger partial charge in [0.15, 0.2) is 9.84 Å². The van der Waals surface area contributed by atoms with Crippen LogP contribution in [0.25, 0.3) is 0 Å². The molecule has 1 amide bonds. The maximum atomic E-state index is 15.1. The van der Waals surface area contributed by atoms with Crippen molar-refractivity contribution in [2.24, 2.45) is 0 Å². The number of anilines is 1. The summed E-state index contributed by atoms with van der Waals surface area (Å²) in [7, 11) is -3.37. The molecular formula is C22H23ClF2N2O4S. The molecule has 2 aromatic carbocycles. The number of benzene rings is 2. The lowest BCUT2D eigenvalue weighted by molar-refractivity contribution is 0.0931. The van der Waals surface area contributed by atoms with E-state index >= 15 is 4.39 Å². The fourth-order valence-electron chi connectivity index (χ4n) is 3.42. The molecule has 10 heteroatoms. The average Bonchev–Trinajstić information content (AvgIpc) is 2.73. The molecule has 0 spiro atoms. The Morgan fingerprint density at radius 2 is 2.00 bits per heavy atom. The van der Waals surface area contributed by atoms with Crippen LogP contribution >= 0.6 is 11.6 Å². The van der Waals surface area contributed by atoms with E-state index in [9.17, 15) is 17.6 Å². The summed E-state index contributed by atoms with van der Waals surface area (Å²) in [6.07, 6.45) is 2.26. The highest BCUT2D eigenvalue weighted by atomic mass is 35.5. The zero-order valence-electron chi connectivity index (χ0n) is 17.5. The molecule has 1 aliphatic heterocycles. The summed E-state index contributed by atoms with van der Waals surface area (Å²) in [5.74, 6) is -2.53. The molecule has 2 atom stereocenters. The van der Waals surface area contributed by atoms with Gasteiger partial charge in [-0.1, -0.05) is 35.9 Å². The zero-order chi connectivity index (χ0) is 23.5. The molecule has 3 rings (SSSR count). The zero-order valence-corrected chi connectivity index (χ0v) is 19.1. The van der Waals surface area contributed by atoms with Crippen molar-refractivity contribution in [1.29, 1.82) is 0 Å². The monoisotopic (exact) mass is 484 g/mol. The molecule has 32 heavy (non-hydrogen) atoms. The third-order valence-corrected chi connectivity index (χ3v) is 5.95. The first-order chi connectivity index (χ1) is 15.1. The van der Waals surface area contributed by atoms with E-state index < -0.39 is 45.0 Å². The number of rotatable bonds is 6. The Morgan fingerprint density at radius 3 is 2.69 bits per heavy atom. The lowest BCUT2D eigenvalue weighted by Crippen LogP contribution is -2.40. The number of nitrogens with zero attached hydrogens (tertiary/aromatic N) is 1. The second-order valence-electron chi connectivity index (χ2n) is 7.51. The highest BCUT2D eigenvalue weighted by molar-refractivity contribution is 7.93. The molecule has 1 heterocycles. The summed E-state index contributed by atoms with van der Waals surface area (Å²) in [5.41, 5.74) is 0.243. The van der Waals surface area contributed by atoms with E-state index in [2.05, 4.69) is 5.32 Å². The van der Waals surface area contributed by atoms with E-state index in [1.165, 1.54) is 13.0 Å². The second-order valence-corrected chi connectivity index (χ2v) is 9.85. The Morgan fingerprint density at radius 1 is 1.28 bits per heavy atom. The van der Waals surface area contributed by atoms with Gasteiger partial charge >= 0.3 is 0 Å². The first-order valence-corrected chi connectivity index (χ1v) is 12.2. The maximum Gasteiger partial charge on any atom is 0.254 e. The molecule has 0 bridgehead atoms. The van der Waals surface area contributed by atoms with Crippen molar-refractivity contribution in [3.8, 4) is 0 Å². The molecule has 1 saturated heterocycles. The van der Waals surface area contributed by atoms with Gasteiger partial charge in [-0.3, -0.25) is 4.79 Å². The van der Waals surface area contributed by atoms with Gasteiger partial charge in [-0.05, 0) is 24.6 Å². The maximum absolute atomic E-state index is 15.1. The highest BCUT2D eigenvalue weighted by Crippen LogP contribution is 2.35. The molecule has 0 aromatic heterocycles. The van der Waals surface area contributed by atoms with Crippen LogP contribution in [0.15, 0.2) is 47.9 Å². The molecule has 1 N–H and O–H groups in total. The number of morpholine rings is 1. The van der Waals surface area contributed by atoms with Crippen LogP contribution in [0.4, 0.5) is 14.5 Å². The summed E-state index contributed by atoms with van der Waals surface area (Å²) in [5, 5.41) is 3.85. The Bertz CT molecular complexity index is 1140. The van der Waals surface area contributed by atoms with Gasteiger partial charge < -0.3 is 15.0 Å². The number of ether oxygens (including phenoxy) is 1. The van der Waals surface area contributed by atoms with Gasteiger partial charge in [0.2, 0.25) is 0 Å². The predicted octanol–water partition coefficient (Wildman–Crippen LogP) is 3.87. The quantitative estimate of drug-likeness (QED) is 0.673. The number of halogens is 3. The normalized spacial score (nSPS) is 18.0. The summed E-state index contributed by atoms with van der Waals surface area (Å²) in [6.45, 7) is 2.40. The van der Waals surface area contributed by atoms with E-state index in [1.807, 2.05) is 0 Å². The lowest BCUT2D eigenvalue weighted by atomic mass is 10.0. The van der Waals surface area contributed by atoms with E-state index in [1.54, 1.807) is 29.2 Å². The predicted molar refractivity (Wildman–Crippen MR) is 120 cm³/mol. The largest absolute Gasteiger partial charge is 0.377 e. The third kappa shape index (κ3) is 5.85. The van der Waals surface area contributed by atoms with E-state index in [0.717, 1.165) is 29.4 Å². The number of amides is 1. The molecule has 1 fully saturated rings. The van der Waals surface area contributed by atoms with Crippen LogP contribution in [0.5, 0.6) is 0 Å². The lowest BCUT2D eigenvalue weighted by Gasteiger charge is -2.38. The van der Waals surface area contributed by atoms with Crippen molar-refractivity contribution in [3.63, 3.8) is 0 Å². The van der Waals surface area contributed by atoms with Gasteiger partial charge in [-0.15, -0.1) is 0 Å². The van der Waals surface area contributed by atoms with Crippen molar-refractivity contribution in [2.75, 3.05) is 30.9 Å². The van der Waals surface area contributed by atoms with Gasteiger partial charge in [-0.25, -0.2) is 17.2 Å². The summed E-state index contributed by atoms with van der Waals surface area (Å²) in [6, 6.07) is 7.79. The minimum absolute atomic E-state index is 0.00251. The van der Waals surface area contributed by atoms with Gasteiger partial charge in [0.05, 0.1) is 30.5 Å². The van der Waals surface area contributed by atoms with E-state index in [-0.39, 0.29) is 12.3 Å². The standard InChI is InChI=1S/C22H23ClF2N2O4S/c1-14(7-10-32(2,29)30)26-22(28)16-11-19(25)20(12-18(16)24)27-8-9-31-13-21(27)15-5-3-4-6-17(15)23/h3-7,10-12,14,21H,8-9,13H2,1-2H3,(H,26,28)/b10-7+/t14-,21?/m1/s1. The number of sulfone groups is 1. The molecule has 0 saturated carbocycles. The van der Waals surface area contributed by atoms with Gasteiger partial charge in [0.25, 0.3) is 5.91 Å². The average molecular weight is 485 g/mol. The van der Waals surface area contributed by atoms with Gasteiger partial charge in [-0.2, -0.15) is 0 Å². The molecule has 0 radical (unpaired) electrons. The van der Waals surface area contributed by atoms with Crippen molar-refractivity contribution in [1.82, 2.24) is 5.32 Å². The first kappa shape index (κ1) is 24.2. The van der Waals surface area contributed by atoms with Crippen LogP contribution in [-0.4, -0.2) is 46.4 Å². The SMILES string of the molecule is C[C@H](/C=C/S(C)(=O)=O)NC(=O)c1cc(F)c(N2CCOCC2c2ccccc2Cl)cc1F. The van der Waals surface area contributed by atoms with E-state index in [4.69, 9.17) is 16.3 Å². The molecular weight excluding hydrogens is 462 g/mol. The second kappa shape index (κ2) is 9.97. The van der Waals surface area contributed by atoms with Crippen LogP contribution in [0.1, 0.15) is 28.9 Å². The van der Waals surface area contributed by atoms with Gasteiger partial charge in [0, 0.05) is 35.3 Å². The van der Waals surface area contributed by atoms with Crippen LogP contribution in [-0.2, 0) is 14.6 Å². The molecule has 0 aliphatic carbocycles. The van der Waals surface area contributed by atoms with Crippen molar-refractivity contribution in [2.45, 2.75) is 19.0 Å². The first-order valence-electron chi connectivity index (χ1n) is 9.84. The van der Waals surface area contributed by atoms with E-state index in [0.29, 0.717) is 18.2 Å². The smallest absolute Gasteiger partial charge is 0.254 e. The minimum Gasteiger partial charge on any atom is -0.377 e. The molecule has 172 valence electrons. The molecule has 6 nitrogen and oxygen atoms in total. The summed E-state index contributed by atoms with van der Waals surface area (Å²) in [4.78, 5) is 14.1. The Balaban J connectivity index is 1.87. The Labute approximate surface area is 190 Å². The number of hydrogen-bond donors (Lipinski definition) is 1. The number of hydrogen-bond acceptors (Lipinski definition) is 5. The molecule has 1 aliphatic rings. The Kier molecular flexibility index (Phi) is 7.53. The van der Waals surface area contributed by atoms with Crippen LogP contribution in [0.3, 0.4) is 0 Å². The number of carbonyl (C=O) groups excluding carboxylic acids is 1. The van der Waals surface area contributed by atoms with Crippen molar-refractivity contribution in [3.05, 3.63) is 75.7 Å². The fourth-order valence-corrected chi connectivity index (χ4v) is 4.20.